The first kappa shape index (κ1) is 10.4. The topological polar surface area (TPSA) is 26.3 Å². The second-order valence-corrected chi connectivity index (χ2v) is 8.90. The molecule has 0 radical (unpaired) electrons. The molecule has 0 fully saturated rings. The Hall–Kier alpha value is -0.673. The third-order valence-corrected chi connectivity index (χ3v) is 2.74. The van der Waals surface area contributed by atoms with Crippen LogP contribution < -0.4 is 0 Å². The zero-order valence-electron chi connectivity index (χ0n) is 8.63. The zero-order valence-corrected chi connectivity index (χ0v) is 9.63. The molecule has 0 aliphatic heterocycles. The molecule has 0 heterocycles. The average Bonchev–Trinajstić information content (AvgIpc) is 1.92. The summed E-state index contributed by atoms with van der Waals surface area (Å²) in [5, 5.41) is 0. The summed E-state index contributed by atoms with van der Waals surface area (Å²) in [4.78, 5) is 10.9. The van der Waals surface area contributed by atoms with E-state index in [-0.39, 0.29) is 11.4 Å². The maximum Gasteiger partial charge on any atom is 0.185 e. The molecule has 1 aliphatic rings. The fourth-order valence-corrected chi connectivity index (χ4v) is 2.79. The summed E-state index contributed by atoms with van der Waals surface area (Å²) in [6, 6.07) is 0. The van der Waals surface area contributed by atoms with E-state index >= 15 is 0 Å². The molecule has 0 unspecified atom stereocenters. The molecule has 0 saturated heterocycles. The van der Waals surface area contributed by atoms with Gasteiger partial charge in [0.25, 0.3) is 0 Å². The van der Waals surface area contributed by atoms with E-state index in [9.17, 15) is 4.79 Å². The van der Waals surface area contributed by atoms with Crippen molar-refractivity contribution in [3.63, 3.8) is 0 Å². The second-order valence-electron chi connectivity index (χ2n) is 4.47. The van der Waals surface area contributed by atoms with Crippen molar-refractivity contribution in [3.8, 4) is 0 Å². The maximum atomic E-state index is 10.9. The SMILES string of the molecule is CC1(O[Si](C)(C)C)C=CC(=O)C=C1. The molecular formula is C10H16O2Si. The minimum atomic E-state index is -1.55. The number of ketones is 1. The van der Waals surface area contributed by atoms with Crippen LogP contribution in [0.1, 0.15) is 6.92 Å². The molecule has 0 bridgehead atoms. The lowest BCUT2D eigenvalue weighted by Crippen LogP contribution is -2.38. The van der Waals surface area contributed by atoms with Crippen molar-refractivity contribution in [1.82, 2.24) is 0 Å². The van der Waals surface area contributed by atoms with Gasteiger partial charge in [0.05, 0.1) is 5.60 Å². The molecule has 0 amide bonds. The fourth-order valence-electron chi connectivity index (χ4n) is 1.33. The summed E-state index contributed by atoms with van der Waals surface area (Å²) < 4.78 is 5.93. The van der Waals surface area contributed by atoms with Gasteiger partial charge in [-0.3, -0.25) is 4.79 Å². The van der Waals surface area contributed by atoms with Gasteiger partial charge in [0.1, 0.15) is 0 Å². The Bertz CT molecular complexity index is 255. The molecule has 0 atom stereocenters. The van der Waals surface area contributed by atoms with Crippen LogP contribution in [0.15, 0.2) is 24.3 Å². The first-order chi connectivity index (χ1) is 5.81. The predicted octanol–water partition coefficient (Wildman–Crippen LogP) is 2.29. The van der Waals surface area contributed by atoms with Crippen LogP contribution in [0.3, 0.4) is 0 Å². The van der Waals surface area contributed by atoms with Crippen molar-refractivity contribution in [1.29, 1.82) is 0 Å². The maximum absolute atomic E-state index is 10.9. The Labute approximate surface area is 80.4 Å². The van der Waals surface area contributed by atoms with Gasteiger partial charge in [0.2, 0.25) is 0 Å². The number of rotatable bonds is 2. The Balaban J connectivity index is 2.74. The van der Waals surface area contributed by atoms with Gasteiger partial charge >= 0.3 is 0 Å². The Morgan fingerprint density at radius 2 is 1.69 bits per heavy atom. The Morgan fingerprint density at radius 1 is 1.23 bits per heavy atom. The number of carbonyl (C=O) groups excluding carboxylic acids is 1. The van der Waals surface area contributed by atoms with Crippen LogP contribution in [-0.2, 0) is 9.22 Å². The van der Waals surface area contributed by atoms with Crippen LogP contribution in [0.5, 0.6) is 0 Å². The van der Waals surface area contributed by atoms with Crippen molar-refractivity contribution in [2.75, 3.05) is 0 Å². The van der Waals surface area contributed by atoms with Gasteiger partial charge in [-0.25, -0.2) is 0 Å². The summed E-state index contributed by atoms with van der Waals surface area (Å²) >= 11 is 0. The highest BCUT2D eigenvalue weighted by Gasteiger charge is 2.28. The zero-order chi connectivity index (χ0) is 10.1. The predicted molar refractivity (Wildman–Crippen MR) is 56.1 cm³/mol. The van der Waals surface area contributed by atoms with Gasteiger partial charge < -0.3 is 4.43 Å². The summed E-state index contributed by atoms with van der Waals surface area (Å²) in [5.74, 6) is 0.0386. The smallest absolute Gasteiger partial charge is 0.185 e. The van der Waals surface area contributed by atoms with Crippen LogP contribution in [0, 0.1) is 0 Å². The molecule has 2 nitrogen and oxygen atoms in total. The molecule has 0 aromatic rings. The monoisotopic (exact) mass is 196 g/mol. The van der Waals surface area contributed by atoms with Crippen molar-refractivity contribution >= 4 is 14.1 Å². The van der Waals surface area contributed by atoms with Crippen molar-refractivity contribution in [3.05, 3.63) is 24.3 Å². The molecule has 0 N–H and O–H groups in total. The number of carbonyl (C=O) groups is 1. The lowest BCUT2D eigenvalue weighted by molar-refractivity contribution is -0.110. The Morgan fingerprint density at radius 3 is 2.08 bits per heavy atom. The molecular weight excluding hydrogens is 180 g/mol. The quantitative estimate of drug-likeness (QED) is 0.633. The van der Waals surface area contributed by atoms with E-state index in [1.54, 1.807) is 12.2 Å². The summed E-state index contributed by atoms with van der Waals surface area (Å²) in [5.41, 5.74) is -0.377. The van der Waals surface area contributed by atoms with Gasteiger partial charge in [-0.2, -0.15) is 0 Å². The molecule has 1 rings (SSSR count). The molecule has 72 valence electrons. The van der Waals surface area contributed by atoms with Crippen LogP contribution >= 0.6 is 0 Å². The standard InChI is InChI=1S/C10H16O2Si/c1-10(12-13(2,3)4)7-5-9(11)6-8-10/h5-8H,1-4H3. The average molecular weight is 196 g/mol. The van der Waals surface area contributed by atoms with E-state index < -0.39 is 8.32 Å². The fraction of sp³-hybridized carbons (Fsp3) is 0.500. The van der Waals surface area contributed by atoms with Crippen molar-refractivity contribution in [2.24, 2.45) is 0 Å². The summed E-state index contributed by atoms with van der Waals surface area (Å²) in [6.45, 7) is 8.38. The van der Waals surface area contributed by atoms with Crippen LogP contribution in [0.2, 0.25) is 19.6 Å². The molecule has 13 heavy (non-hydrogen) atoms. The lowest BCUT2D eigenvalue weighted by Gasteiger charge is -2.32. The van der Waals surface area contributed by atoms with E-state index in [1.807, 2.05) is 19.1 Å². The van der Waals surface area contributed by atoms with Crippen molar-refractivity contribution in [2.45, 2.75) is 32.2 Å². The highest BCUT2D eigenvalue weighted by Crippen LogP contribution is 2.23. The number of allylic oxidation sites excluding steroid dienone is 2. The van der Waals surface area contributed by atoms with E-state index in [4.69, 9.17) is 4.43 Å². The summed E-state index contributed by atoms with van der Waals surface area (Å²) in [6.07, 6.45) is 6.79. The minimum absolute atomic E-state index is 0.0386. The van der Waals surface area contributed by atoms with Crippen LogP contribution in [-0.4, -0.2) is 19.7 Å². The third-order valence-electron chi connectivity index (χ3n) is 1.68. The van der Waals surface area contributed by atoms with Crippen LogP contribution in [0.25, 0.3) is 0 Å². The number of hydrogen-bond acceptors (Lipinski definition) is 2. The minimum Gasteiger partial charge on any atom is -0.406 e. The third kappa shape index (κ3) is 3.28. The van der Waals surface area contributed by atoms with E-state index in [0.29, 0.717) is 0 Å². The van der Waals surface area contributed by atoms with E-state index in [1.165, 1.54) is 0 Å². The van der Waals surface area contributed by atoms with Gasteiger partial charge in [0, 0.05) is 0 Å². The molecule has 0 spiro atoms. The first-order valence-electron chi connectivity index (χ1n) is 4.43. The van der Waals surface area contributed by atoms with Gasteiger partial charge in [0.15, 0.2) is 14.1 Å². The van der Waals surface area contributed by atoms with Crippen LogP contribution in [0.4, 0.5) is 0 Å². The molecule has 0 aromatic carbocycles. The van der Waals surface area contributed by atoms with Gasteiger partial charge in [-0.05, 0) is 50.9 Å². The Kier molecular flexibility index (Phi) is 2.59. The molecule has 0 aromatic heterocycles. The highest BCUT2D eigenvalue weighted by molar-refractivity contribution is 6.69. The highest BCUT2D eigenvalue weighted by atomic mass is 28.4. The molecule has 3 heteroatoms. The van der Waals surface area contributed by atoms with Gasteiger partial charge in [-0.1, -0.05) is 0 Å². The van der Waals surface area contributed by atoms with E-state index in [2.05, 4.69) is 19.6 Å². The first-order valence-corrected chi connectivity index (χ1v) is 7.84. The van der Waals surface area contributed by atoms with Gasteiger partial charge in [-0.15, -0.1) is 0 Å². The lowest BCUT2D eigenvalue weighted by atomic mass is 10.0. The summed E-state index contributed by atoms with van der Waals surface area (Å²) in [7, 11) is -1.55. The second kappa shape index (κ2) is 3.23. The largest absolute Gasteiger partial charge is 0.406 e. The molecule has 1 aliphatic carbocycles. The van der Waals surface area contributed by atoms with E-state index in [0.717, 1.165) is 0 Å². The number of hydrogen-bond donors (Lipinski definition) is 0. The molecule has 0 saturated carbocycles. The van der Waals surface area contributed by atoms with Crippen molar-refractivity contribution < 1.29 is 9.22 Å². The normalized spacial score (nSPS) is 20.8.